The lowest BCUT2D eigenvalue weighted by Crippen LogP contribution is -1.93. The predicted molar refractivity (Wildman–Crippen MR) is 60.9 cm³/mol. The van der Waals surface area contributed by atoms with Gasteiger partial charge in [-0.05, 0) is 24.3 Å². The molecule has 0 fully saturated rings. The summed E-state index contributed by atoms with van der Waals surface area (Å²) < 4.78 is 1.71. The smallest absolute Gasteiger partial charge is 0.101 e. The molecule has 0 aliphatic heterocycles. The van der Waals surface area contributed by atoms with Crippen molar-refractivity contribution in [3.63, 3.8) is 0 Å². The first-order valence-corrected chi connectivity index (χ1v) is 4.82. The van der Waals surface area contributed by atoms with E-state index < -0.39 is 0 Å². The summed E-state index contributed by atoms with van der Waals surface area (Å²) in [5, 5.41) is 13.1. The van der Waals surface area contributed by atoms with Gasteiger partial charge in [-0.1, -0.05) is 6.07 Å². The highest BCUT2D eigenvalue weighted by atomic mass is 15.2. The van der Waals surface area contributed by atoms with Gasteiger partial charge in [0.05, 0.1) is 17.0 Å². The summed E-state index contributed by atoms with van der Waals surface area (Å²) >= 11 is 0. The number of hydrogen-bond acceptors (Lipinski definition) is 3. The minimum absolute atomic E-state index is 0.532. The maximum Gasteiger partial charge on any atom is 0.101 e. The van der Waals surface area contributed by atoms with Crippen molar-refractivity contribution < 1.29 is 0 Å². The Kier molecular flexibility index (Phi) is 2.79. The topological polar surface area (TPSA) is 54.5 Å². The monoisotopic (exact) mass is 210 g/mol. The van der Waals surface area contributed by atoms with Crippen LogP contribution < -0.4 is 0 Å². The van der Waals surface area contributed by atoms with Crippen molar-refractivity contribution in [2.24, 2.45) is 7.05 Å². The van der Waals surface area contributed by atoms with E-state index in [4.69, 9.17) is 5.26 Å². The van der Waals surface area contributed by atoms with Crippen LogP contribution in [0.15, 0.2) is 36.7 Å². The van der Waals surface area contributed by atoms with Crippen molar-refractivity contribution in [2.75, 3.05) is 0 Å². The van der Waals surface area contributed by atoms with E-state index in [0.29, 0.717) is 11.3 Å². The number of aromatic nitrogens is 3. The molecular formula is C12H10N4. The number of allylic oxidation sites excluding steroid dienone is 1. The van der Waals surface area contributed by atoms with Gasteiger partial charge in [-0.25, -0.2) is 0 Å². The lowest BCUT2D eigenvalue weighted by atomic mass is 10.1. The van der Waals surface area contributed by atoms with Crippen LogP contribution in [0.5, 0.6) is 0 Å². The molecule has 2 heterocycles. The van der Waals surface area contributed by atoms with Crippen molar-refractivity contribution >= 4 is 11.6 Å². The van der Waals surface area contributed by atoms with Crippen LogP contribution in [0.25, 0.3) is 11.6 Å². The first kappa shape index (κ1) is 10.1. The van der Waals surface area contributed by atoms with Crippen LogP contribution in [0.4, 0.5) is 0 Å². The highest BCUT2D eigenvalue weighted by Crippen LogP contribution is 2.14. The number of aryl methyl sites for hydroxylation is 1. The molecule has 0 aliphatic rings. The zero-order chi connectivity index (χ0) is 11.4. The summed E-state index contributed by atoms with van der Waals surface area (Å²) in [7, 11) is 1.83. The fourth-order valence-electron chi connectivity index (χ4n) is 1.36. The highest BCUT2D eigenvalue weighted by molar-refractivity contribution is 5.87. The molecule has 16 heavy (non-hydrogen) atoms. The Labute approximate surface area is 93.5 Å². The molecule has 0 N–H and O–H groups in total. The van der Waals surface area contributed by atoms with E-state index in [1.165, 1.54) is 0 Å². The van der Waals surface area contributed by atoms with E-state index in [9.17, 15) is 0 Å². The van der Waals surface area contributed by atoms with E-state index in [2.05, 4.69) is 16.2 Å². The van der Waals surface area contributed by atoms with E-state index in [1.807, 2.05) is 31.3 Å². The summed E-state index contributed by atoms with van der Waals surface area (Å²) in [5.41, 5.74) is 2.08. The summed E-state index contributed by atoms with van der Waals surface area (Å²) in [6.45, 7) is 0. The van der Waals surface area contributed by atoms with Crippen LogP contribution in [0.1, 0.15) is 11.4 Å². The lowest BCUT2D eigenvalue weighted by Gasteiger charge is -1.98. The van der Waals surface area contributed by atoms with Crippen molar-refractivity contribution in [3.05, 3.63) is 48.0 Å². The van der Waals surface area contributed by atoms with Gasteiger partial charge in [0.25, 0.3) is 0 Å². The molecule has 2 aromatic heterocycles. The van der Waals surface area contributed by atoms with Gasteiger partial charge in [0.1, 0.15) is 6.07 Å². The van der Waals surface area contributed by atoms with E-state index in [-0.39, 0.29) is 0 Å². The van der Waals surface area contributed by atoms with Crippen LogP contribution in [0.3, 0.4) is 0 Å². The molecule has 0 radical (unpaired) electrons. The zero-order valence-corrected chi connectivity index (χ0v) is 8.83. The predicted octanol–water partition coefficient (Wildman–Crippen LogP) is 1.88. The molecule has 0 saturated carbocycles. The molecule has 2 aromatic rings. The zero-order valence-electron chi connectivity index (χ0n) is 8.83. The Hall–Kier alpha value is -2.41. The summed E-state index contributed by atoms with van der Waals surface area (Å²) in [6, 6.07) is 9.48. The first-order chi connectivity index (χ1) is 7.81. The second kappa shape index (κ2) is 4.41. The standard InChI is InChI=1S/C12H10N4/c1-16-11(5-7-15-16)8-10(9-13)12-4-2-3-6-14-12/h2-8H,1H3. The molecule has 0 atom stereocenters. The number of nitriles is 1. The van der Waals surface area contributed by atoms with E-state index in [0.717, 1.165) is 5.69 Å². The molecule has 0 aliphatic carbocycles. The third-order valence-corrected chi connectivity index (χ3v) is 2.21. The summed E-state index contributed by atoms with van der Waals surface area (Å²) in [6.07, 6.45) is 5.14. The molecule has 2 rings (SSSR count). The Bertz CT molecular complexity index is 546. The van der Waals surface area contributed by atoms with Gasteiger partial charge in [-0.2, -0.15) is 10.4 Å². The number of pyridine rings is 1. The van der Waals surface area contributed by atoms with Crippen LogP contribution in [0, 0.1) is 11.3 Å². The quantitative estimate of drug-likeness (QED) is 0.711. The third kappa shape index (κ3) is 1.98. The van der Waals surface area contributed by atoms with Gasteiger partial charge >= 0.3 is 0 Å². The van der Waals surface area contributed by atoms with E-state index in [1.54, 1.807) is 23.2 Å². The largest absolute Gasteiger partial charge is 0.269 e. The Morgan fingerprint density at radius 3 is 2.81 bits per heavy atom. The maximum atomic E-state index is 9.08. The SMILES string of the molecule is Cn1nccc1C=C(C#N)c1ccccn1. The Balaban J connectivity index is 2.43. The van der Waals surface area contributed by atoms with Crippen LogP contribution in [-0.2, 0) is 7.05 Å². The molecule has 0 spiro atoms. The minimum atomic E-state index is 0.532. The fraction of sp³-hybridized carbons (Fsp3) is 0.0833. The van der Waals surface area contributed by atoms with Gasteiger partial charge in [-0.3, -0.25) is 9.67 Å². The lowest BCUT2D eigenvalue weighted by molar-refractivity contribution is 0.760. The summed E-state index contributed by atoms with van der Waals surface area (Å²) in [5.74, 6) is 0. The van der Waals surface area contributed by atoms with Crippen molar-refractivity contribution in [1.82, 2.24) is 14.8 Å². The minimum Gasteiger partial charge on any atom is -0.269 e. The molecule has 0 bridgehead atoms. The molecule has 78 valence electrons. The van der Waals surface area contributed by atoms with Crippen molar-refractivity contribution in [1.29, 1.82) is 5.26 Å². The number of nitrogens with zero attached hydrogens (tertiary/aromatic N) is 4. The Morgan fingerprint density at radius 2 is 2.25 bits per heavy atom. The molecule has 4 nitrogen and oxygen atoms in total. The fourth-order valence-corrected chi connectivity index (χ4v) is 1.36. The average molecular weight is 210 g/mol. The molecule has 0 unspecified atom stereocenters. The van der Waals surface area contributed by atoms with E-state index >= 15 is 0 Å². The van der Waals surface area contributed by atoms with Crippen molar-refractivity contribution in [2.45, 2.75) is 0 Å². The van der Waals surface area contributed by atoms with Gasteiger partial charge < -0.3 is 0 Å². The van der Waals surface area contributed by atoms with Gasteiger partial charge in [0.2, 0.25) is 0 Å². The average Bonchev–Trinajstić information content (AvgIpc) is 2.73. The van der Waals surface area contributed by atoms with Crippen molar-refractivity contribution in [3.8, 4) is 6.07 Å². The first-order valence-electron chi connectivity index (χ1n) is 4.82. The molecule has 0 saturated heterocycles. The van der Waals surface area contributed by atoms with Gasteiger partial charge in [-0.15, -0.1) is 0 Å². The maximum absolute atomic E-state index is 9.08. The molecule has 0 amide bonds. The third-order valence-electron chi connectivity index (χ3n) is 2.21. The van der Waals surface area contributed by atoms with Gasteiger partial charge in [0.15, 0.2) is 0 Å². The number of hydrogen-bond donors (Lipinski definition) is 0. The Morgan fingerprint density at radius 1 is 1.38 bits per heavy atom. The van der Waals surface area contributed by atoms with Crippen LogP contribution in [-0.4, -0.2) is 14.8 Å². The molecule has 0 aromatic carbocycles. The summed E-state index contributed by atoms with van der Waals surface area (Å²) in [4.78, 5) is 4.14. The normalized spacial score (nSPS) is 11.1. The second-order valence-electron chi connectivity index (χ2n) is 3.26. The molecular weight excluding hydrogens is 200 g/mol. The molecule has 4 heteroatoms. The van der Waals surface area contributed by atoms with Crippen LogP contribution >= 0.6 is 0 Å². The second-order valence-corrected chi connectivity index (χ2v) is 3.26. The number of rotatable bonds is 2. The van der Waals surface area contributed by atoms with Gasteiger partial charge in [0, 0.05) is 19.4 Å². The highest BCUT2D eigenvalue weighted by Gasteiger charge is 2.03. The van der Waals surface area contributed by atoms with Crippen LogP contribution in [0.2, 0.25) is 0 Å².